The van der Waals surface area contributed by atoms with E-state index in [9.17, 15) is 10.1 Å². The Kier molecular flexibility index (Phi) is 4.37. The van der Waals surface area contributed by atoms with Crippen LogP contribution < -0.4 is 0 Å². The standard InChI is InChI=1S/C19H17BrN4O2/c1-11-7-12-9-15(26-18(12)14(20)8-11)17(25)13(10-21)19-23-22-16-5-3-2-4-6-24(16)19/h7-9,13H,2-6H2,1H3. The predicted octanol–water partition coefficient (Wildman–Crippen LogP) is 4.31. The maximum atomic E-state index is 13.0. The molecule has 1 aliphatic heterocycles. The molecule has 0 N–H and O–H groups in total. The highest BCUT2D eigenvalue weighted by Crippen LogP contribution is 2.31. The molecule has 26 heavy (non-hydrogen) atoms. The molecule has 1 atom stereocenters. The molecule has 1 unspecified atom stereocenters. The van der Waals surface area contributed by atoms with Crippen molar-refractivity contribution in [3.8, 4) is 6.07 Å². The van der Waals surface area contributed by atoms with Crippen molar-refractivity contribution in [2.45, 2.75) is 45.1 Å². The van der Waals surface area contributed by atoms with Gasteiger partial charge < -0.3 is 8.98 Å². The van der Waals surface area contributed by atoms with E-state index in [1.165, 1.54) is 0 Å². The van der Waals surface area contributed by atoms with Crippen LogP contribution in [-0.4, -0.2) is 20.5 Å². The van der Waals surface area contributed by atoms with Crippen molar-refractivity contribution in [3.63, 3.8) is 0 Å². The highest BCUT2D eigenvalue weighted by molar-refractivity contribution is 9.10. The molecule has 132 valence electrons. The summed E-state index contributed by atoms with van der Waals surface area (Å²) < 4.78 is 8.48. The molecule has 0 saturated carbocycles. The van der Waals surface area contributed by atoms with E-state index in [2.05, 4.69) is 32.2 Å². The van der Waals surface area contributed by atoms with Crippen molar-refractivity contribution in [2.24, 2.45) is 0 Å². The second kappa shape index (κ2) is 6.69. The molecular formula is C19H17BrN4O2. The second-order valence-electron chi connectivity index (χ2n) is 6.64. The fourth-order valence-corrected chi connectivity index (χ4v) is 4.14. The van der Waals surface area contributed by atoms with Crippen molar-refractivity contribution in [1.82, 2.24) is 14.8 Å². The molecular weight excluding hydrogens is 396 g/mol. The molecule has 3 heterocycles. The molecule has 1 aliphatic rings. The minimum atomic E-state index is -1.02. The van der Waals surface area contributed by atoms with E-state index in [0.29, 0.717) is 11.4 Å². The van der Waals surface area contributed by atoms with Gasteiger partial charge in [0.05, 0.1) is 10.5 Å². The lowest BCUT2D eigenvalue weighted by atomic mass is 10.0. The molecule has 0 bridgehead atoms. The third-order valence-corrected chi connectivity index (χ3v) is 5.33. The van der Waals surface area contributed by atoms with Gasteiger partial charge in [-0.15, -0.1) is 10.2 Å². The Balaban J connectivity index is 1.74. The number of hydrogen-bond acceptors (Lipinski definition) is 5. The van der Waals surface area contributed by atoms with E-state index in [4.69, 9.17) is 4.42 Å². The van der Waals surface area contributed by atoms with Crippen LogP contribution >= 0.6 is 15.9 Å². The van der Waals surface area contributed by atoms with Gasteiger partial charge in [-0.1, -0.05) is 6.42 Å². The summed E-state index contributed by atoms with van der Waals surface area (Å²) in [6.07, 6.45) is 4.00. The SMILES string of the molecule is Cc1cc(Br)c2oc(C(=O)C(C#N)c3nnc4n3CCCCC4)cc2c1. The first-order valence-corrected chi connectivity index (χ1v) is 9.43. The minimum Gasteiger partial charge on any atom is -0.452 e. The summed E-state index contributed by atoms with van der Waals surface area (Å²) in [5.41, 5.74) is 1.67. The molecule has 6 nitrogen and oxygen atoms in total. The third kappa shape index (κ3) is 2.84. The van der Waals surface area contributed by atoms with Gasteiger partial charge in [0, 0.05) is 18.4 Å². The van der Waals surface area contributed by atoms with E-state index < -0.39 is 5.92 Å². The number of aryl methyl sites for hydroxylation is 2. The van der Waals surface area contributed by atoms with Crippen molar-refractivity contribution >= 4 is 32.7 Å². The van der Waals surface area contributed by atoms with Crippen LogP contribution in [0.4, 0.5) is 0 Å². The number of benzene rings is 1. The normalized spacial score (nSPS) is 15.3. The number of furan rings is 1. The number of ketones is 1. The first-order valence-electron chi connectivity index (χ1n) is 8.64. The number of carbonyl (C=O) groups is 1. The van der Waals surface area contributed by atoms with E-state index in [1.54, 1.807) is 6.07 Å². The van der Waals surface area contributed by atoms with Gasteiger partial charge in [-0.05, 0) is 59.5 Å². The Labute approximate surface area is 158 Å². The lowest BCUT2D eigenvalue weighted by Gasteiger charge is -2.09. The van der Waals surface area contributed by atoms with Crippen LogP contribution in [0, 0.1) is 18.3 Å². The van der Waals surface area contributed by atoms with E-state index in [-0.39, 0.29) is 11.5 Å². The van der Waals surface area contributed by atoms with Crippen LogP contribution in [0.15, 0.2) is 27.1 Å². The zero-order valence-corrected chi connectivity index (χ0v) is 15.9. The van der Waals surface area contributed by atoms with Crippen LogP contribution in [0.3, 0.4) is 0 Å². The van der Waals surface area contributed by atoms with Gasteiger partial charge in [0.15, 0.2) is 17.5 Å². The smallest absolute Gasteiger partial charge is 0.222 e. The topological polar surface area (TPSA) is 84.7 Å². The molecule has 0 aliphatic carbocycles. The lowest BCUT2D eigenvalue weighted by Crippen LogP contribution is -2.17. The van der Waals surface area contributed by atoms with Crippen LogP contribution in [0.2, 0.25) is 0 Å². The summed E-state index contributed by atoms with van der Waals surface area (Å²) >= 11 is 3.46. The third-order valence-electron chi connectivity index (χ3n) is 4.75. The van der Waals surface area contributed by atoms with Crippen LogP contribution in [0.5, 0.6) is 0 Å². The Morgan fingerprint density at radius 2 is 2.15 bits per heavy atom. The highest BCUT2D eigenvalue weighted by Gasteiger charge is 2.31. The van der Waals surface area contributed by atoms with Gasteiger partial charge in [-0.2, -0.15) is 5.26 Å². The first kappa shape index (κ1) is 17.0. The summed E-state index contributed by atoms with van der Waals surface area (Å²) in [5, 5.41) is 18.9. The Morgan fingerprint density at radius 3 is 2.96 bits per heavy atom. The maximum absolute atomic E-state index is 13.0. The summed E-state index contributed by atoms with van der Waals surface area (Å²) in [7, 11) is 0. The highest BCUT2D eigenvalue weighted by atomic mass is 79.9. The first-order chi connectivity index (χ1) is 12.6. The van der Waals surface area contributed by atoms with Gasteiger partial charge in [-0.3, -0.25) is 4.79 Å². The number of nitriles is 1. The maximum Gasteiger partial charge on any atom is 0.222 e. The number of Topliss-reactive ketones (excluding diaryl/α,β-unsaturated/α-hetero) is 1. The van der Waals surface area contributed by atoms with Gasteiger partial charge >= 0.3 is 0 Å². The van der Waals surface area contributed by atoms with Gasteiger partial charge in [0.1, 0.15) is 11.4 Å². The number of fused-ring (bicyclic) bond motifs is 2. The molecule has 0 spiro atoms. The molecule has 1 aromatic carbocycles. The van der Waals surface area contributed by atoms with E-state index in [0.717, 1.165) is 53.5 Å². The fraction of sp³-hybridized carbons (Fsp3) is 0.368. The summed E-state index contributed by atoms with van der Waals surface area (Å²) in [5.74, 6) is 0.0462. The summed E-state index contributed by atoms with van der Waals surface area (Å²) in [6.45, 7) is 2.72. The lowest BCUT2D eigenvalue weighted by molar-refractivity contribution is 0.0949. The molecule has 0 fully saturated rings. The number of aromatic nitrogens is 3. The minimum absolute atomic E-state index is 0.170. The molecule has 0 amide bonds. The summed E-state index contributed by atoms with van der Waals surface area (Å²) in [4.78, 5) is 13.0. The fourth-order valence-electron chi connectivity index (χ4n) is 3.47. The number of halogens is 1. The molecule has 4 rings (SSSR count). The Bertz CT molecular complexity index is 1040. The van der Waals surface area contributed by atoms with Crippen LogP contribution in [0.25, 0.3) is 11.0 Å². The quantitative estimate of drug-likeness (QED) is 0.598. The van der Waals surface area contributed by atoms with Gasteiger partial charge in [0.25, 0.3) is 0 Å². The predicted molar refractivity (Wildman–Crippen MR) is 98.9 cm³/mol. The zero-order chi connectivity index (χ0) is 18.3. The largest absolute Gasteiger partial charge is 0.452 e. The molecule has 2 aromatic heterocycles. The molecule has 3 aromatic rings. The Hall–Kier alpha value is -2.46. The average Bonchev–Trinajstić information content (AvgIpc) is 3.13. The number of carbonyl (C=O) groups excluding carboxylic acids is 1. The molecule has 0 radical (unpaired) electrons. The van der Waals surface area contributed by atoms with E-state index in [1.807, 2.05) is 23.6 Å². The Morgan fingerprint density at radius 1 is 1.31 bits per heavy atom. The van der Waals surface area contributed by atoms with Gasteiger partial charge in [-0.25, -0.2) is 0 Å². The van der Waals surface area contributed by atoms with Crippen molar-refractivity contribution in [2.75, 3.05) is 0 Å². The van der Waals surface area contributed by atoms with Gasteiger partial charge in [0.2, 0.25) is 5.78 Å². The molecule has 7 heteroatoms. The van der Waals surface area contributed by atoms with Crippen molar-refractivity contribution < 1.29 is 9.21 Å². The average molecular weight is 413 g/mol. The van der Waals surface area contributed by atoms with Crippen molar-refractivity contribution in [3.05, 3.63) is 45.6 Å². The summed E-state index contributed by atoms with van der Waals surface area (Å²) in [6, 6.07) is 7.67. The van der Waals surface area contributed by atoms with E-state index >= 15 is 0 Å². The van der Waals surface area contributed by atoms with Crippen LogP contribution in [0.1, 0.15) is 52.9 Å². The van der Waals surface area contributed by atoms with Crippen molar-refractivity contribution in [1.29, 1.82) is 5.26 Å². The number of nitrogens with zero attached hydrogens (tertiary/aromatic N) is 4. The second-order valence-corrected chi connectivity index (χ2v) is 7.49. The number of hydrogen-bond donors (Lipinski definition) is 0. The number of rotatable bonds is 3. The zero-order valence-electron chi connectivity index (χ0n) is 14.3. The molecule has 0 saturated heterocycles. The monoisotopic (exact) mass is 412 g/mol. The van der Waals surface area contributed by atoms with Crippen LogP contribution in [-0.2, 0) is 13.0 Å².